The Morgan fingerprint density at radius 3 is 2.89 bits per heavy atom. The van der Waals surface area contributed by atoms with Crippen molar-refractivity contribution in [3.8, 4) is 5.75 Å². The predicted octanol–water partition coefficient (Wildman–Crippen LogP) is 1.43. The van der Waals surface area contributed by atoms with E-state index in [0.717, 1.165) is 3.57 Å². The van der Waals surface area contributed by atoms with Gasteiger partial charge >= 0.3 is 0 Å². The van der Waals surface area contributed by atoms with Crippen LogP contribution >= 0.6 is 45.2 Å². The van der Waals surface area contributed by atoms with Crippen LogP contribution in [0.15, 0.2) is 12.1 Å². The first-order chi connectivity index (χ1) is 9.02. The maximum absolute atomic E-state index is 12.4. The lowest BCUT2D eigenvalue weighted by Gasteiger charge is -2.32. The van der Waals surface area contributed by atoms with E-state index in [4.69, 9.17) is 9.84 Å². The minimum absolute atomic E-state index is 0.0121. The van der Waals surface area contributed by atoms with Crippen LogP contribution in [0.1, 0.15) is 10.4 Å². The summed E-state index contributed by atoms with van der Waals surface area (Å²) in [5, 5.41) is 19.1. The van der Waals surface area contributed by atoms with Crippen LogP contribution in [0.4, 0.5) is 0 Å². The number of phenols is 1. The molecule has 5 nitrogen and oxygen atoms in total. The van der Waals surface area contributed by atoms with Crippen molar-refractivity contribution in [2.75, 3.05) is 26.3 Å². The smallest absolute Gasteiger partial charge is 0.257 e. The maximum Gasteiger partial charge on any atom is 0.257 e. The van der Waals surface area contributed by atoms with E-state index in [0.29, 0.717) is 28.8 Å². The summed E-state index contributed by atoms with van der Waals surface area (Å²) in [6.45, 7) is 1.10. The van der Waals surface area contributed by atoms with Crippen molar-refractivity contribution < 1.29 is 19.7 Å². The molecule has 0 saturated carbocycles. The first kappa shape index (κ1) is 15.3. The molecular weight excluding hydrogens is 476 g/mol. The van der Waals surface area contributed by atoms with Crippen molar-refractivity contribution in [3.63, 3.8) is 0 Å². The van der Waals surface area contributed by atoms with Gasteiger partial charge in [0.05, 0.1) is 28.5 Å². The molecule has 104 valence electrons. The van der Waals surface area contributed by atoms with Gasteiger partial charge in [0.1, 0.15) is 5.75 Å². The van der Waals surface area contributed by atoms with Crippen molar-refractivity contribution in [2.24, 2.45) is 0 Å². The SMILES string of the molecule is O=C(c1cc(I)cc(I)c1O)N1CCOC(CO)C1. The molecule has 0 aliphatic carbocycles. The van der Waals surface area contributed by atoms with Gasteiger partial charge < -0.3 is 19.8 Å². The lowest BCUT2D eigenvalue weighted by Crippen LogP contribution is -2.46. The number of rotatable bonds is 2. The average molecular weight is 489 g/mol. The van der Waals surface area contributed by atoms with Gasteiger partial charge in [0.2, 0.25) is 0 Å². The van der Waals surface area contributed by atoms with Gasteiger partial charge in [-0.25, -0.2) is 0 Å². The fourth-order valence-corrected chi connectivity index (χ4v) is 3.76. The van der Waals surface area contributed by atoms with Gasteiger partial charge in [-0.05, 0) is 57.3 Å². The van der Waals surface area contributed by atoms with Gasteiger partial charge in [-0.1, -0.05) is 0 Å². The number of hydrogen-bond acceptors (Lipinski definition) is 4. The topological polar surface area (TPSA) is 70.0 Å². The highest BCUT2D eigenvalue weighted by Gasteiger charge is 2.26. The van der Waals surface area contributed by atoms with E-state index in [-0.39, 0.29) is 24.4 Å². The number of nitrogens with zero attached hydrogens (tertiary/aromatic N) is 1. The highest BCUT2D eigenvalue weighted by atomic mass is 127. The first-order valence-electron chi connectivity index (χ1n) is 5.72. The number of morpholine rings is 1. The Bertz CT molecular complexity index is 495. The zero-order valence-electron chi connectivity index (χ0n) is 9.97. The molecule has 1 saturated heterocycles. The molecule has 0 radical (unpaired) electrons. The fraction of sp³-hybridized carbons (Fsp3) is 0.417. The second-order valence-corrected chi connectivity index (χ2v) is 6.62. The van der Waals surface area contributed by atoms with E-state index in [1.807, 2.05) is 28.7 Å². The Morgan fingerprint density at radius 2 is 2.21 bits per heavy atom. The van der Waals surface area contributed by atoms with Crippen molar-refractivity contribution in [1.82, 2.24) is 4.90 Å². The summed E-state index contributed by atoms with van der Waals surface area (Å²) in [7, 11) is 0. The summed E-state index contributed by atoms with van der Waals surface area (Å²) < 4.78 is 6.86. The zero-order chi connectivity index (χ0) is 14.0. The number of hydrogen-bond donors (Lipinski definition) is 2. The number of amides is 1. The van der Waals surface area contributed by atoms with Crippen LogP contribution in [0.3, 0.4) is 0 Å². The lowest BCUT2D eigenvalue weighted by atomic mass is 10.1. The van der Waals surface area contributed by atoms with Crippen LogP contribution in [0, 0.1) is 7.14 Å². The van der Waals surface area contributed by atoms with Crippen LogP contribution in [0.5, 0.6) is 5.75 Å². The molecule has 1 aliphatic heterocycles. The maximum atomic E-state index is 12.4. The highest BCUT2D eigenvalue weighted by molar-refractivity contribution is 14.1. The Morgan fingerprint density at radius 1 is 1.47 bits per heavy atom. The molecule has 1 aromatic rings. The minimum atomic E-state index is -0.346. The van der Waals surface area contributed by atoms with E-state index in [1.165, 1.54) is 0 Å². The van der Waals surface area contributed by atoms with Gasteiger partial charge in [-0.15, -0.1) is 0 Å². The van der Waals surface area contributed by atoms with Gasteiger partial charge in [-0.2, -0.15) is 0 Å². The number of carbonyl (C=O) groups excluding carboxylic acids is 1. The number of aromatic hydroxyl groups is 1. The van der Waals surface area contributed by atoms with Gasteiger partial charge in [0, 0.05) is 16.7 Å². The summed E-state index contributed by atoms with van der Waals surface area (Å²) in [6, 6.07) is 3.48. The fourth-order valence-electron chi connectivity index (χ4n) is 1.91. The number of ether oxygens (including phenoxy) is 1. The van der Waals surface area contributed by atoms with Crippen molar-refractivity contribution in [3.05, 3.63) is 24.8 Å². The summed E-state index contributed by atoms with van der Waals surface area (Å²) in [5.41, 5.74) is 0.301. The number of halogens is 2. The van der Waals surface area contributed by atoms with Crippen LogP contribution in [-0.4, -0.2) is 53.4 Å². The van der Waals surface area contributed by atoms with E-state index in [2.05, 4.69) is 22.6 Å². The molecule has 1 fully saturated rings. The molecule has 1 amide bonds. The second-order valence-electron chi connectivity index (χ2n) is 4.21. The molecule has 0 spiro atoms. The van der Waals surface area contributed by atoms with Crippen molar-refractivity contribution in [1.29, 1.82) is 0 Å². The van der Waals surface area contributed by atoms with E-state index in [1.54, 1.807) is 11.0 Å². The molecule has 2 N–H and O–H groups in total. The Balaban J connectivity index is 2.24. The van der Waals surface area contributed by atoms with Crippen LogP contribution in [-0.2, 0) is 4.74 Å². The summed E-state index contributed by atoms with van der Waals surface area (Å²) in [5.74, 6) is -0.214. The van der Waals surface area contributed by atoms with Gasteiger partial charge in [0.25, 0.3) is 5.91 Å². The quantitative estimate of drug-likeness (QED) is 0.618. The first-order valence-corrected chi connectivity index (χ1v) is 7.88. The molecule has 19 heavy (non-hydrogen) atoms. The van der Waals surface area contributed by atoms with E-state index < -0.39 is 0 Å². The van der Waals surface area contributed by atoms with Crippen molar-refractivity contribution >= 4 is 51.1 Å². The number of benzene rings is 1. The summed E-state index contributed by atoms with van der Waals surface area (Å²) >= 11 is 4.11. The lowest BCUT2D eigenvalue weighted by molar-refractivity contribution is -0.0447. The normalized spacial score (nSPS) is 19.5. The molecule has 1 atom stereocenters. The van der Waals surface area contributed by atoms with Crippen LogP contribution in [0.25, 0.3) is 0 Å². The molecule has 2 rings (SSSR count). The van der Waals surface area contributed by atoms with E-state index >= 15 is 0 Å². The highest BCUT2D eigenvalue weighted by Crippen LogP contribution is 2.28. The molecular formula is C12H13I2NO4. The van der Waals surface area contributed by atoms with Crippen molar-refractivity contribution in [2.45, 2.75) is 6.10 Å². The number of aliphatic hydroxyl groups excluding tert-OH is 1. The van der Waals surface area contributed by atoms with Gasteiger partial charge in [0.15, 0.2) is 0 Å². The van der Waals surface area contributed by atoms with Crippen LogP contribution in [0.2, 0.25) is 0 Å². The summed E-state index contributed by atoms with van der Waals surface area (Å²) in [4.78, 5) is 14.0. The monoisotopic (exact) mass is 489 g/mol. The standard InChI is InChI=1S/C12H13I2NO4/c13-7-3-9(11(17)10(14)4-7)12(18)15-1-2-19-8(5-15)6-16/h3-4,8,16-17H,1-2,5-6H2. The third-order valence-electron chi connectivity index (χ3n) is 2.89. The molecule has 1 aromatic carbocycles. The largest absolute Gasteiger partial charge is 0.506 e. The molecule has 1 unspecified atom stereocenters. The number of carbonyl (C=O) groups is 1. The number of aliphatic hydroxyl groups is 1. The molecule has 0 aromatic heterocycles. The molecule has 7 heteroatoms. The van der Waals surface area contributed by atoms with E-state index in [9.17, 15) is 9.90 Å². The Hall–Kier alpha value is -0.130. The summed E-state index contributed by atoms with van der Waals surface area (Å²) in [6.07, 6.45) is -0.346. The minimum Gasteiger partial charge on any atom is -0.506 e. The molecule has 0 bridgehead atoms. The average Bonchev–Trinajstić information content (AvgIpc) is 2.42. The molecule has 1 aliphatic rings. The predicted molar refractivity (Wildman–Crippen MR) is 86.3 cm³/mol. The number of phenolic OH excluding ortho intramolecular Hbond substituents is 1. The Kier molecular flexibility index (Phi) is 5.26. The third kappa shape index (κ3) is 3.50. The van der Waals surface area contributed by atoms with Crippen LogP contribution < -0.4 is 0 Å². The van der Waals surface area contributed by atoms with Gasteiger partial charge in [-0.3, -0.25) is 4.79 Å². The zero-order valence-corrected chi connectivity index (χ0v) is 14.3. The third-order valence-corrected chi connectivity index (χ3v) is 4.33. The Labute approximate surface area is 138 Å². The molecule has 1 heterocycles. The second kappa shape index (κ2) is 6.55.